The van der Waals surface area contributed by atoms with Gasteiger partial charge >= 0.3 is 24.1 Å². The minimum absolute atomic E-state index is 0.0781. The van der Waals surface area contributed by atoms with Crippen LogP contribution in [0.25, 0.3) is 0 Å². The van der Waals surface area contributed by atoms with Crippen molar-refractivity contribution in [2.75, 3.05) is 24.6 Å². The molecule has 0 radical (unpaired) electrons. The topological polar surface area (TPSA) is 332 Å². The SMILES string of the molecule is CCC(CCCCC(=O)NC(CSSCC(NC(=O)CCCCC(CC)NC(=O)OC(C)(C)C)C(=O)NCCCCCC(=O)Oc1ccc([N+](=O)[O-])cc1)C(=O)NCCCCCC(=O)Oc1ccc([N+](=O)[O-])cc1)NC(=O)OC(C)(C)C. The molecule has 0 bridgehead atoms. The summed E-state index contributed by atoms with van der Waals surface area (Å²) in [6.07, 6.45) is 7.09. The number of carbonyl (C=O) groups is 8. The van der Waals surface area contributed by atoms with Crippen molar-refractivity contribution in [1.82, 2.24) is 31.9 Å². The van der Waals surface area contributed by atoms with Gasteiger partial charge in [-0.05, 0) is 130 Å². The fourth-order valence-corrected chi connectivity index (χ4v) is 9.97. The largest absolute Gasteiger partial charge is 0.444 e. The molecule has 4 unspecified atom stereocenters. The number of unbranched alkanes of at least 4 members (excludes halogenated alkanes) is 6. The predicted octanol–water partition coefficient (Wildman–Crippen LogP) is 9.45. The first kappa shape index (κ1) is 71.4. The van der Waals surface area contributed by atoms with Crippen LogP contribution in [-0.4, -0.2) is 118 Å². The van der Waals surface area contributed by atoms with Crippen LogP contribution in [0, 0.1) is 20.2 Å². The number of nitrogens with one attached hydrogen (secondary N) is 6. The molecule has 24 nitrogen and oxygen atoms in total. The Kier molecular flexibility index (Phi) is 33.9. The molecule has 2 rings (SSSR count). The zero-order chi connectivity index (χ0) is 61.1. The second-order valence-corrected chi connectivity index (χ2v) is 24.0. The molecule has 0 saturated heterocycles. The van der Waals surface area contributed by atoms with E-state index >= 15 is 0 Å². The van der Waals surface area contributed by atoms with Gasteiger partial charge in [0.25, 0.3) is 11.4 Å². The molecule has 6 N–H and O–H groups in total. The van der Waals surface area contributed by atoms with E-state index in [1.54, 1.807) is 41.5 Å². The number of hydrogen-bond donors (Lipinski definition) is 6. The summed E-state index contributed by atoms with van der Waals surface area (Å²) in [7, 11) is 2.46. The van der Waals surface area contributed by atoms with Crippen molar-refractivity contribution in [2.24, 2.45) is 0 Å². The number of alkyl carbamates (subject to hydrolysis) is 2. The van der Waals surface area contributed by atoms with Crippen molar-refractivity contribution >= 4 is 80.7 Å². The second kappa shape index (κ2) is 38.9. The molecule has 0 aliphatic carbocycles. The number of carbonyl (C=O) groups excluding carboxylic acids is 8. The number of nitrogens with zero attached hydrogens (tertiary/aromatic N) is 2. The number of nitro benzene ring substituents is 2. The fraction of sp³-hybridized carbons (Fsp3) is 0.643. The van der Waals surface area contributed by atoms with Crippen molar-refractivity contribution in [1.29, 1.82) is 0 Å². The zero-order valence-corrected chi connectivity index (χ0v) is 50.4. The monoisotopic (exact) mass is 1190 g/mol. The number of ether oxygens (including phenoxy) is 4. The van der Waals surface area contributed by atoms with Gasteiger partial charge in [0.2, 0.25) is 23.6 Å². The van der Waals surface area contributed by atoms with Crippen LogP contribution in [-0.2, 0) is 38.2 Å². The number of non-ortho nitro benzene ring substituents is 2. The number of rotatable bonds is 39. The fourth-order valence-electron chi connectivity index (χ4n) is 7.64. The maximum Gasteiger partial charge on any atom is 0.407 e. The van der Waals surface area contributed by atoms with E-state index in [0.717, 1.165) is 0 Å². The molecule has 26 heteroatoms. The minimum Gasteiger partial charge on any atom is -0.444 e. The van der Waals surface area contributed by atoms with E-state index in [-0.39, 0.29) is 97.1 Å². The molecule has 458 valence electrons. The summed E-state index contributed by atoms with van der Waals surface area (Å²) in [5, 5.41) is 39.0. The molecule has 0 fully saturated rings. The summed E-state index contributed by atoms with van der Waals surface area (Å²) >= 11 is 0. The van der Waals surface area contributed by atoms with E-state index in [1.807, 2.05) is 13.8 Å². The lowest BCUT2D eigenvalue weighted by atomic mass is 10.1. The third-order valence-electron chi connectivity index (χ3n) is 12.0. The Labute approximate surface area is 489 Å². The summed E-state index contributed by atoms with van der Waals surface area (Å²) in [5.41, 5.74) is -1.57. The van der Waals surface area contributed by atoms with Gasteiger partial charge in [-0.1, -0.05) is 61.1 Å². The van der Waals surface area contributed by atoms with Crippen molar-refractivity contribution in [3.8, 4) is 11.5 Å². The number of hydrogen-bond acceptors (Lipinski definition) is 18. The van der Waals surface area contributed by atoms with Gasteiger partial charge in [0, 0.05) is 86.6 Å². The van der Waals surface area contributed by atoms with Crippen LogP contribution in [0.1, 0.15) is 171 Å². The maximum absolute atomic E-state index is 13.7. The molecule has 0 heterocycles. The molecule has 0 aromatic heterocycles. The highest BCUT2D eigenvalue weighted by molar-refractivity contribution is 8.76. The lowest BCUT2D eigenvalue weighted by Crippen LogP contribution is -2.49. The van der Waals surface area contributed by atoms with Gasteiger partial charge in [-0.3, -0.25) is 49.0 Å². The summed E-state index contributed by atoms with van der Waals surface area (Å²) in [6.45, 7) is 15.0. The van der Waals surface area contributed by atoms with Crippen LogP contribution in [0.15, 0.2) is 48.5 Å². The standard InChI is InChI=1S/C56H86N8O16S2/c1-9-39(59-53(71)79-55(3,4)5)21-15-17-23-47(65)61-45(51(69)57-35-19-11-13-25-49(67)77-43-31-27-41(28-32-43)63(73)74)37-81-82-38-46(62-48(66)24-18-16-22-40(10-2)60-54(72)80-56(6,7)8)52(70)58-36-20-12-14-26-50(68)78-44-33-29-42(30-34-44)64(75)76/h27-34,39-40,45-46H,9-26,35-38H2,1-8H3,(H,57,69)(H,58,70)(H,59,71)(H,60,72)(H,61,65)(H,62,66). The van der Waals surface area contributed by atoms with Crippen molar-refractivity contribution in [3.63, 3.8) is 0 Å². The molecule has 0 spiro atoms. The van der Waals surface area contributed by atoms with Crippen molar-refractivity contribution < 1.29 is 67.2 Å². The average Bonchev–Trinajstić information content (AvgIpc) is 3.39. The molecule has 82 heavy (non-hydrogen) atoms. The van der Waals surface area contributed by atoms with E-state index in [1.165, 1.54) is 70.1 Å². The third kappa shape index (κ3) is 33.9. The van der Waals surface area contributed by atoms with Gasteiger partial charge in [0.15, 0.2) is 0 Å². The smallest absolute Gasteiger partial charge is 0.407 e. The molecule has 0 aliphatic heterocycles. The first-order valence-corrected chi connectivity index (χ1v) is 30.5. The van der Waals surface area contributed by atoms with Gasteiger partial charge in [-0.15, -0.1) is 0 Å². The summed E-state index contributed by atoms with van der Waals surface area (Å²) in [5.74, 6) is -2.07. The molecule has 0 saturated carbocycles. The highest BCUT2D eigenvalue weighted by Gasteiger charge is 2.25. The minimum atomic E-state index is -0.982. The first-order chi connectivity index (χ1) is 38.8. The summed E-state index contributed by atoms with van der Waals surface area (Å²) in [4.78, 5) is 124. The average molecular weight is 1190 g/mol. The molecular weight excluding hydrogens is 1100 g/mol. The molecule has 6 amide bonds. The van der Waals surface area contributed by atoms with Gasteiger partial charge in [0.1, 0.15) is 34.8 Å². The predicted molar refractivity (Wildman–Crippen MR) is 313 cm³/mol. The lowest BCUT2D eigenvalue weighted by Gasteiger charge is -2.23. The number of esters is 2. The van der Waals surface area contributed by atoms with E-state index in [2.05, 4.69) is 31.9 Å². The van der Waals surface area contributed by atoms with Crippen LogP contribution < -0.4 is 41.4 Å². The number of benzene rings is 2. The van der Waals surface area contributed by atoms with Gasteiger partial charge < -0.3 is 50.8 Å². The van der Waals surface area contributed by atoms with Crippen LogP contribution in [0.4, 0.5) is 21.0 Å². The summed E-state index contributed by atoms with van der Waals surface area (Å²) < 4.78 is 21.3. The van der Waals surface area contributed by atoms with Gasteiger partial charge in [-0.2, -0.15) is 0 Å². The van der Waals surface area contributed by atoms with E-state index in [0.29, 0.717) is 89.9 Å². The normalized spacial score (nSPS) is 12.7. The van der Waals surface area contributed by atoms with Crippen LogP contribution in [0.3, 0.4) is 0 Å². The first-order valence-electron chi connectivity index (χ1n) is 28.0. The molecule has 2 aromatic carbocycles. The number of nitro groups is 2. The van der Waals surface area contributed by atoms with Gasteiger partial charge in [-0.25, -0.2) is 9.59 Å². The van der Waals surface area contributed by atoms with Crippen LogP contribution >= 0.6 is 21.6 Å². The quantitative estimate of drug-likeness (QED) is 0.00906. The molecular formula is C56H86N8O16S2. The molecule has 4 atom stereocenters. The third-order valence-corrected chi connectivity index (χ3v) is 14.4. The lowest BCUT2D eigenvalue weighted by molar-refractivity contribution is -0.385. The van der Waals surface area contributed by atoms with Gasteiger partial charge in [0.05, 0.1) is 9.85 Å². The van der Waals surface area contributed by atoms with Crippen LogP contribution in [0.2, 0.25) is 0 Å². The van der Waals surface area contributed by atoms with E-state index in [4.69, 9.17) is 18.9 Å². The van der Waals surface area contributed by atoms with Crippen molar-refractivity contribution in [2.45, 2.75) is 206 Å². The zero-order valence-electron chi connectivity index (χ0n) is 48.7. The Hall–Kier alpha value is -6.70. The second-order valence-electron chi connectivity index (χ2n) is 21.5. The van der Waals surface area contributed by atoms with Crippen molar-refractivity contribution in [3.05, 3.63) is 68.8 Å². The highest BCUT2D eigenvalue weighted by atomic mass is 33.1. The van der Waals surface area contributed by atoms with E-state index < -0.39 is 69.1 Å². The molecule has 2 aromatic rings. The Balaban J connectivity index is 2.06. The highest BCUT2D eigenvalue weighted by Crippen LogP contribution is 2.25. The summed E-state index contributed by atoms with van der Waals surface area (Å²) in [6, 6.07) is 8.04. The Morgan fingerprint density at radius 1 is 0.488 bits per heavy atom. The Morgan fingerprint density at radius 2 is 0.829 bits per heavy atom. The van der Waals surface area contributed by atoms with E-state index in [9.17, 15) is 58.6 Å². The Morgan fingerprint density at radius 3 is 1.15 bits per heavy atom. The molecule has 0 aliphatic rings. The van der Waals surface area contributed by atoms with Crippen LogP contribution in [0.5, 0.6) is 11.5 Å². The maximum atomic E-state index is 13.7. The Bertz CT molecular complexity index is 2190. The number of amides is 6.